The fourth-order valence-corrected chi connectivity index (χ4v) is 3.31. The molecule has 1 saturated heterocycles. The quantitative estimate of drug-likeness (QED) is 0.642. The van der Waals surface area contributed by atoms with Gasteiger partial charge in [-0.2, -0.15) is 5.10 Å². The average molecular weight is 315 g/mol. The Kier molecular flexibility index (Phi) is 4.47. The Bertz CT molecular complexity index is 665. The molecule has 0 aliphatic carbocycles. The standard InChI is InChI=1S/C15H13N3OS2/c19-14-11-21-15(17-16-9-13-7-4-8-20-13)18(14)10-12-5-2-1-3-6-12/h1-9H,10-11H2/b16-9+,17-15+. The van der Waals surface area contributed by atoms with Crippen molar-refractivity contribution in [3.63, 3.8) is 0 Å². The summed E-state index contributed by atoms with van der Waals surface area (Å²) in [6.07, 6.45) is 1.71. The molecule has 106 valence electrons. The number of amides is 1. The molecule has 2 aromatic rings. The van der Waals surface area contributed by atoms with E-state index < -0.39 is 0 Å². The van der Waals surface area contributed by atoms with Crippen LogP contribution < -0.4 is 0 Å². The van der Waals surface area contributed by atoms with Gasteiger partial charge >= 0.3 is 0 Å². The number of hydrogen-bond donors (Lipinski definition) is 0. The van der Waals surface area contributed by atoms with Crippen molar-refractivity contribution in [1.82, 2.24) is 4.90 Å². The normalized spacial score (nSPS) is 17.2. The molecular formula is C15H13N3OS2. The molecule has 0 spiro atoms. The maximum atomic E-state index is 12.0. The van der Waals surface area contributed by atoms with Crippen LogP contribution in [-0.2, 0) is 11.3 Å². The van der Waals surface area contributed by atoms with Crippen molar-refractivity contribution >= 4 is 40.4 Å². The molecule has 1 amide bonds. The van der Waals surface area contributed by atoms with Crippen molar-refractivity contribution in [2.45, 2.75) is 6.54 Å². The summed E-state index contributed by atoms with van der Waals surface area (Å²) in [5.74, 6) is 0.508. The number of carbonyl (C=O) groups is 1. The molecule has 1 fully saturated rings. The summed E-state index contributed by atoms with van der Waals surface area (Å²) in [6.45, 7) is 0.542. The fourth-order valence-electron chi connectivity index (χ4n) is 1.89. The molecule has 1 aromatic carbocycles. The van der Waals surface area contributed by atoms with E-state index in [0.29, 0.717) is 17.5 Å². The number of hydrogen-bond acceptors (Lipinski definition) is 5. The molecule has 4 nitrogen and oxygen atoms in total. The van der Waals surface area contributed by atoms with E-state index >= 15 is 0 Å². The first-order valence-corrected chi connectivity index (χ1v) is 8.31. The minimum Gasteiger partial charge on any atom is -0.285 e. The SMILES string of the molecule is O=C1CS/C(=N/N=C/c2cccs2)N1Cc1ccccc1. The minimum atomic E-state index is 0.0777. The van der Waals surface area contributed by atoms with Crippen LogP contribution in [0.5, 0.6) is 0 Å². The first kappa shape index (κ1) is 14.0. The highest BCUT2D eigenvalue weighted by molar-refractivity contribution is 8.15. The van der Waals surface area contributed by atoms with E-state index in [-0.39, 0.29) is 5.91 Å². The Hall–Kier alpha value is -1.92. The Morgan fingerprint density at radius 2 is 2.05 bits per heavy atom. The Morgan fingerprint density at radius 1 is 1.19 bits per heavy atom. The Morgan fingerprint density at radius 3 is 2.81 bits per heavy atom. The van der Waals surface area contributed by atoms with Gasteiger partial charge in [0.2, 0.25) is 5.91 Å². The van der Waals surface area contributed by atoms with Crippen LogP contribution in [0.2, 0.25) is 0 Å². The Labute approximate surface area is 131 Å². The van der Waals surface area contributed by atoms with E-state index in [1.165, 1.54) is 11.8 Å². The predicted octanol–water partition coefficient (Wildman–Crippen LogP) is 3.21. The lowest BCUT2D eigenvalue weighted by molar-refractivity contribution is -0.124. The molecule has 21 heavy (non-hydrogen) atoms. The van der Waals surface area contributed by atoms with Crippen molar-refractivity contribution in [2.24, 2.45) is 10.2 Å². The van der Waals surface area contributed by atoms with Gasteiger partial charge in [-0.05, 0) is 17.0 Å². The van der Waals surface area contributed by atoms with Crippen LogP contribution in [0.3, 0.4) is 0 Å². The average Bonchev–Trinajstić information content (AvgIpc) is 3.13. The molecule has 0 radical (unpaired) electrons. The van der Waals surface area contributed by atoms with Gasteiger partial charge in [-0.25, -0.2) is 0 Å². The number of thiophene rings is 1. The molecule has 6 heteroatoms. The molecule has 1 aliphatic heterocycles. The molecule has 1 aromatic heterocycles. The third-order valence-electron chi connectivity index (χ3n) is 2.91. The van der Waals surface area contributed by atoms with Gasteiger partial charge in [0.05, 0.1) is 18.5 Å². The van der Waals surface area contributed by atoms with E-state index in [0.717, 1.165) is 10.4 Å². The molecule has 1 aliphatic rings. The van der Waals surface area contributed by atoms with Gasteiger partial charge in [0.25, 0.3) is 0 Å². The highest BCUT2D eigenvalue weighted by Gasteiger charge is 2.28. The maximum absolute atomic E-state index is 12.0. The zero-order chi connectivity index (χ0) is 14.5. The van der Waals surface area contributed by atoms with Gasteiger partial charge in [-0.1, -0.05) is 48.2 Å². The van der Waals surface area contributed by atoms with Gasteiger partial charge in [0.1, 0.15) is 0 Å². The van der Waals surface area contributed by atoms with Gasteiger partial charge in [-0.15, -0.1) is 16.4 Å². The number of rotatable bonds is 4. The number of carbonyl (C=O) groups excluding carboxylic acids is 1. The van der Waals surface area contributed by atoms with Gasteiger partial charge in [0, 0.05) is 4.88 Å². The summed E-state index contributed by atoms with van der Waals surface area (Å²) in [5, 5.41) is 10.9. The zero-order valence-electron chi connectivity index (χ0n) is 11.2. The maximum Gasteiger partial charge on any atom is 0.239 e. The van der Waals surface area contributed by atoms with E-state index in [4.69, 9.17) is 0 Å². The summed E-state index contributed by atoms with van der Waals surface area (Å²) in [7, 11) is 0. The summed E-state index contributed by atoms with van der Waals surface area (Å²) in [4.78, 5) is 14.7. The summed E-state index contributed by atoms with van der Waals surface area (Å²) in [6, 6.07) is 13.8. The van der Waals surface area contributed by atoms with Crippen LogP contribution in [0.1, 0.15) is 10.4 Å². The highest BCUT2D eigenvalue weighted by atomic mass is 32.2. The Balaban J connectivity index is 1.73. The van der Waals surface area contributed by atoms with Gasteiger partial charge in [0.15, 0.2) is 5.17 Å². The lowest BCUT2D eigenvalue weighted by Crippen LogP contribution is -2.28. The number of nitrogens with zero attached hydrogens (tertiary/aromatic N) is 3. The monoisotopic (exact) mass is 315 g/mol. The van der Waals surface area contributed by atoms with E-state index in [1.807, 2.05) is 47.8 Å². The summed E-state index contributed by atoms with van der Waals surface area (Å²) < 4.78 is 0. The van der Waals surface area contributed by atoms with E-state index in [9.17, 15) is 4.79 Å². The van der Waals surface area contributed by atoms with E-state index in [1.54, 1.807) is 22.5 Å². The van der Waals surface area contributed by atoms with Crippen molar-refractivity contribution in [1.29, 1.82) is 0 Å². The molecule has 0 saturated carbocycles. The number of benzene rings is 1. The first-order chi connectivity index (χ1) is 10.3. The van der Waals surface area contributed by atoms with Crippen molar-refractivity contribution in [3.8, 4) is 0 Å². The molecular weight excluding hydrogens is 302 g/mol. The van der Waals surface area contributed by atoms with Crippen LogP contribution >= 0.6 is 23.1 Å². The van der Waals surface area contributed by atoms with Crippen LogP contribution in [0.15, 0.2) is 58.0 Å². The first-order valence-electron chi connectivity index (χ1n) is 6.44. The topological polar surface area (TPSA) is 45.0 Å². The van der Waals surface area contributed by atoms with Crippen molar-refractivity contribution < 1.29 is 4.79 Å². The van der Waals surface area contributed by atoms with Gasteiger partial charge < -0.3 is 0 Å². The number of amidine groups is 1. The largest absolute Gasteiger partial charge is 0.285 e. The lowest BCUT2D eigenvalue weighted by Gasteiger charge is -2.14. The van der Waals surface area contributed by atoms with Crippen LogP contribution in [0, 0.1) is 0 Å². The second-order valence-electron chi connectivity index (χ2n) is 4.40. The molecule has 0 bridgehead atoms. The van der Waals surface area contributed by atoms with E-state index in [2.05, 4.69) is 10.2 Å². The van der Waals surface area contributed by atoms with Gasteiger partial charge in [-0.3, -0.25) is 9.69 Å². The number of thioether (sulfide) groups is 1. The highest BCUT2D eigenvalue weighted by Crippen LogP contribution is 2.22. The van der Waals surface area contributed by atoms with Crippen LogP contribution in [0.25, 0.3) is 0 Å². The van der Waals surface area contributed by atoms with Crippen LogP contribution in [0.4, 0.5) is 0 Å². The third kappa shape index (κ3) is 3.59. The molecule has 2 heterocycles. The van der Waals surface area contributed by atoms with Crippen molar-refractivity contribution in [2.75, 3.05) is 5.75 Å². The van der Waals surface area contributed by atoms with Crippen LogP contribution in [-0.4, -0.2) is 27.9 Å². The summed E-state index contributed by atoms with van der Waals surface area (Å²) >= 11 is 3.03. The molecule has 0 unspecified atom stereocenters. The molecule has 0 atom stereocenters. The fraction of sp³-hybridized carbons (Fsp3) is 0.133. The predicted molar refractivity (Wildman–Crippen MR) is 88.8 cm³/mol. The van der Waals surface area contributed by atoms with Crippen molar-refractivity contribution in [3.05, 3.63) is 58.3 Å². The summed E-state index contributed by atoms with van der Waals surface area (Å²) in [5.41, 5.74) is 1.09. The smallest absolute Gasteiger partial charge is 0.239 e. The lowest BCUT2D eigenvalue weighted by atomic mass is 10.2. The zero-order valence-corrected chi connectivity index (χ0v) is 12.8. The third-order valence-corrected chi connectivity index (χ3v) is 4.67. The molecule has 0 N–H and O–H groups in total. The second kappa shape index (κ2) is 6.69. The minimum absolute atomic E-state index is 0.0777. The second-order valence-corrected chi connectivity index (χ2v) is 6.32. The molecule has 3 rings (SSSR count).